The van der Waals surface area contributed by atoms with E-state index >= 15 is 0 Å². The van der Waals surface area contributed by atoms with Crippen LogP contribution in [-0.4, -0.2) is 35.1 Å². The van der Waals surface area contributed by atoms with Crippen molar-refractivity contribution in [2.75, 3.05) is 19.8 Å². The second kappa shape index (κ2) is 56.0. The van der Waals surface area contributed by atoms with E-state index in [2.05, 4.69) is 0 Å². The molecule has 0 aliphatic carbocycles. The molecule has 0 unspecified atom stereocenters. The summed E-state index contributed by atoms with van der Waals surface area (Å²) in [6, 6.07) is 0. The van der Waals surface area contributed by atoms with Crippen molar-refractivity contribution in [2.45, 2.75) is 20.8 Å². The largest absolute Gasteiger partial charge is 0.397 e. The third kappa shape index (κ3) is 1890. The van der Waals surface area contributed by atoms with Crippen molar-refractivity contribution in [3.63, 3.8) is 0 Å². The van der Waals surface area contributed by atoms with E-state index in [0.717, 1.165) is 0 Å². The Balaban J connectivity index is -0.0000000257. The van der Waals surface area contributed by atoms with Crippen LogP contribution in [0.25, 0.3) is 0 Å². The minimum absolute atomic E-state index is 0. The first-order chi connectivity index (χ1) is 4.24. The van der Waals surface area contributed by atoms with E-state index in [-0.39, 0.29) is 39.3 Å². The summed E-state index contributed by atoms with van der Waals surface area (Å²) in [7, 11) is 0. The number of rotatable bonds is 0. The minimum atomic E-state index is 0. The topological polar surface area (TPSA) is 60.7 Å². The van der Waals surface area contributed by atoms with Gasteiger partial charge in [0.2, 0.25) is 0 Å². The number of aliphatic hydroxyl groups is 3. The molecule has 0 aromatic rings. The van der Waals surface area contributed by atoms with E-state index in [1.807, 2.05) is 0 Å². The van der Waals surface area contributed by atoms with Gasteiger partial charge in [-0.3, -0.25) is 0 Å². The van der Waals surface area contributed by atoms with Crippen molar-refractivity contribution in [1.82, 2.24) is 0 Å². The fraction of sp³-hybridized carbons (Fsp3) is 1.00. The fourth-order valence-electron chi connectivity index (χ4n) is 0. The zero-order valence-electron chi connectivity index (χ0n) is 6.82. The van der Waals surface area contributed by atoms with Crippen LogP contribution in [0.2, 0.25) is 0 Å². The first-order valence-corrected chi connectivity index (χ1v) is 3.07. The average molecular weight is 239 g/mol. The molecule has 0 aliphatic heterocycles. The van der Waals surface area contributed by atoms with E-state index in [4.69, 9.17) is 15.3 Å². The summed E-state index contributed by atoms with van der Waals surface area (Å²) in [6.07, 6.45) is 0. The molecule has 0 aromatic carbocycles. The Morgan fingerprint density at radius 1 is 0.700 bits per heavy atom. The normalized spacial score (nSPS) is 5.40. The molecule has 0 amide bonds. The van der Waals surface area contributed by atoms with E-state index in [0.29, 0.717) is 0 Å². The first-order valence-electron chi connectivity index (χ1n) is 3.07. The van der Waals surface area contributed by atoms with Crippen LogP contribution >= 0.6 is 0 Å². The van der Waals surface area contributed by atoms with Crippen molar-refractivity contribution in [1.29, 1.82) is 0 Å². The van der Waals surface area contributed by atoms with Gasteiger partial charge in [0.25, 0.3) is 0 Å². The van der Waals surface area contributed by atoms with E-state index < -0.39 is 0 Å². The van der Waals surface area contributed by atoms with Gasteiger partial charge in [-0.15, -0.1) is 0 Å². The molecule has 0 aliphatic rings. The molecule has 68 valence electrons. The summed E-state index contributed by atoms with van der Waals surface area (Å²) in [6.45, 7) is 5.79. The Kier molecular flexibility index (Phi) is 126. The summed E-state index contributed by atoms with van der Waals surface area (Å²) in [5, 5.41) is 22.7. The van der Waals surface area contributed by atoms with Gasteiger partial charge in [0.05, 0.1) is 0 Å². The van der Waals surface area contributed by atoms with E-state index in [9.17, 15) is 0 Å². The van der Waals surface area contributed by atoms with Gasteiger partial charge in [-0.2, -0.15) is 0 Å². The Morgan fingerprint density at radius 3 is 0.700 bits per heavy atom. The molecule has 0 atom stereocenters. The van der Waals surface area contributed by atoms with Crippen LogP contribution in [-0.2, 0) is 19.5 Å². The van der Waals surface area contributed by atoms with Gasteiger partial charge in [-0.1, -0.05) is 0 Å². The van der Waals surface area contributed by atoms with Crippen molar-refractivity contribution < 1.29 is 34.8 Å². The summed E-state index contributed by atoms with van der Waals surface area (Å²) < 4.78 is 0. The molecule has 10 heavy (non-hydrogen) atoms. The molecule has 0 saturated carbocycles. The Hall–Kier alpha value is 0.503. The summed E-state index contributed by atoms with van der Waals surface area (Å²) in [4.78, 5) is 0. The molecule has 3 nitrogen and oxygen atoms in total. The van der Waals surface area contributed by atoms with Gasteiger partial charge in [0.1, 0.15) is 0 Å². The molecule has 0 rings (SSSR count). The molecule has 0 heterocycles. The van der Waals surface area contributed by atoms with Crippen LogP contribution in [0.15, 0.2) is 0 Å². The van der Waals surface area contributed by atoms with Gasteiger partial charge < -0.3 is 15.3 Å². The van der Waals surface area contributed by atoms with Gasteiger partial charge >= 0.3 is 0 Å². The molecule has 0 fully saturated rings. The molecular formula is C6H18O3Ru. The van der Waals surface area contributed by atoms with E-state index in [1.54, 1.807) is 20.8 Å². The van der Waals surface area contributed by atoms with Crippen LogP contribution in [0.5, 0.6) is 0 Å². The molecule has 0 spiro atoms. The van der Waals surface area contributed by atoms with Crippen molar-refractivity contribution in [3.05, 3.63) is 0 Å². The Morgan fingerprint density at radius 2 is 0.700 bits per heavy atom. The molecule has 0 saturated heterocycles. The molecule has 0 bridgehead atoms. The maximum Gasteiger partial charge on any atom is 0.0402 e. The third-order valence-corrected chi connectivity index (χ3v) is 0. The maximum absolute atomic E-state index is 7.57. The predicted molar refractivity (Wildman–Crippen MR) is 38.3 cm³/mol. The first kappa shape index (κ1) is 22.4. The third-order valence-electron chi connectivity index (χ3n) is 0. The van der Waals surface area contributed by atoms with Gasteiger partial charge in [0, 0.05) is 39.3 Å². The second-order valence-corrected chi connectivity index (χ2v) is 0.949. The quantitative estimate of drug-likeness (QED) is 0.521. The zero-order chi connectivity index (χ0) is 8.12. The van der Waals surface area contributed by atoms with Crippen molar-refractivity contribution >= 4 is 0 Å². The van der Waals surface area contributed by atoms with Gasteiger partial charge in [0.15, 0.2) is 0 Å². The predicted octanol–water partition coefficient (Wildman–Crippen LogP) is -0.00670. The second-order valence-electron chi connectivity index (χ2n) is 0.949. The zero-order valence-corrected chi connectivity index (χ0v) is 8.55. The SMILES string of the molecule is CCO.CCO.CCO.[Ru]. The van der Waals surface area contributed by atoms with Crippen LogP contribution in [0, 0.1) is 0 Å². The monoisotopic (exact) mass is 240 g/mol. The van der Waals surface area contributed by atoms with Crippen LogP contribution in [0.1, 0.15) is 20.8 Å². The van der Waals surface area contributed by atoms with E-state index in [1.165, 1.54) is 0 Å². The van der Waals surface area contributed by atoms with Crippen molar-refractivity contribution in [2.24, 2.45) is 0 Å². The Bertz CT molecular complexity index is 17.7. The maximum atomic E-state index is 7.57. The average Bonchev–Trinajstić information content (AvgIpc) is 1.70. The minimum Gasteiger partial charge on any atom is -0.397 e. The molecular weight excluding hydrogens is 221 g/mol. The summed E-state index contributed by atoms with van der Waals surface area (Å²) >= 11 is 0. The Labute approximate surface area is 75.8 Å². The van der Waals surface area contributed by atoms with Crippen LogP contribution in [0.4, 0.5) is 0 Å². The molecule has 4 heteroatoms. The smallest absolute Gasteiger partial charge is 0.0402 e. The van der Waals surface area contributed by atoms with Gasteiger partial charge in [-0.25, -0.2) is 0 Å². The fourth-order valence-corrected chi connectivity index (χ4v) is 0. The summed E-state index contributed by atoms with van der Waals surface area (Å²) in [5.74, 6) is 0. The number of hydrogen-bond donors (Lipinski definition) is 3. The summed E-state index contributed by atoms with van der Waals surface area (Å²) in [5.41, 5.74) is 0. The molecule has 3 N–H and O–H groups in total. The number of aliphatic hydroxyl groups excluding tert-OH is 3. The molecule has 0 aromatic heterocycles. The molecule has 0 radical (unpaired) electrons. The standard InChI is InChI=1S/3C2H6O.Ru/c3*1-2-3;/h3*3H,2H2,1H3;. The van der Waals surface area contributed by atoms with Crippen LogP contribution < -0.4 is 0 Å². The number of hydrogen-bond acceptors (Lipinski definition) is 3. The van der Waals surface area contributed by atoms with Crippen molar-refractivity contribution in [3.8, 4) is 0 Å². The van der Waals surface area contributed by atoms with Gasteiger partial charge in [-0.05, 0) is 20.8 Å². The van der Waals surface area contributed by atoms with Crippen LogP contribution in [0.3, 0.4) is 0 Å².